The van der Waals surface area contributed by atoms with Crippen LogP contribution in [0.5, 0.6) is 5.75 Å². The fourth-order valence-electron chi connectivity index (χ4n) is 4.17. The molecule has 6 heteroatoms. The summed E-state index contributed by atoms with van der Waals surface area (Å²) in [5.74, 6) is -0.167. The molecule has 35 heavy (non-hydrogen) atoms. The number of benzene rings is 2. The van der Waals surface area contributed by atoms with E-state index in [1.807, 2.05) is 45.9 Å². The van der Waals surface area contributed by atoms with E-state index >= 15 is 0 Å². The van der Waals surface area contributed by atoms with Crippen LogP contribution in [0.25, 0.3) is 0 Å². The zero-order valence-electron chi connectivity index (χ0n) is 23.0. The number of hydrogen-bond acceptors (Lipinski definition) is 4. The number of rotatable bonds is 10. The molecule has 2 aromatic rings. The van der Waals surface area contributed by atoms with Gasteiger partial charge in [-0.3, -0.25) is 4.79 Å². The molecule has 0 aliphatic rings. The Hall–Kier alpha value is -2.34. The third-order valence-electron chi connectivity index (χ3n) is 6.23. The molecule has 194 valence electrons. The van der Waals surface area contributed by atoms with Gasteiger partial charge < -0.3 is 9.50 Å². The van der Waals surface area contributed by atoms with E-state index < -0.39 is 21.8 Å². The molecule has 0 heterocycles. The molecule has 0 aliphatic heterocycles. The first kappa shape index (κ1) is 28.9. The summed E-state index contributed by atoms with van der Waals surface area (Å²) in [5.41, 5.74) is 5.57. The Balaban J connectivity index is 2.40. The van der Waals surface area contributed by atoms with Crippen LogP contribution in [0.3, 0.4) is 0 Å². The van der Waals surface area contributed by atoms with E-state index in [4.69, 9.17) is 4.18 Å². The molecular weight excluding hydrogens is 458 g/mol. The Labute approximate surface area is 212 Å². The van der Waals surface area contributed by atoms with Gasteiger partial charge >= 0.3 is 10.1 Å². The van der Waals surface area contributed by atoms with Crippen LogP contribution in [0.1, 0.15) is 127 Å². The summed E-state index contributed by atoms with van der Waals surface area (Å²) >= 11 is 0. The Bertz CT molecular complexity index is 1090. The first-order valence-electron chi connectivity index (χ1n) is 12.7. The van der Waals surface area contributed by atoms with Gasteiger partial charge in [0, 0.05) is 5.69 Å². The van der Waals surface area contributed by atoms with Gasteiger partial charge in [0.15, 0.2) is 5.75 Å². The van der Waals surface area contributed by atoms with Crippen molar-refractivity contribution in [3.05, 3.63) is 58.1 Å². The van der Waals surface area contributed by atoms with Crippen LogP contribution in [0, 0.1) is 0 Å². The zero-order chi connectivity index (χ0) is 26.7. The van der Waals surface area contributed by atoms with Crippen molar-refractivity contribution in [3.8, 4) is 5.75 Å². The standard InChI is InChI=1S/C29H43NO4S/c1-17(2)22-14-25(20(7)8)28(26(15-22)21(9)10)30-27(31)16-35(32,33)34-29-23(18(3)4)12-11-13-24(29)19(5)6/h11-15,17-21H,16H2,1-10H3,(H,30,31). The second-order valence-electron chi connectivity index (χ2n) is 10.9. The summed E-state index contributed by atoms with van der Waals surface area (Å²) in [4.78, 5) is 13.1. The van der Waals surface area contributed by atoms with Gasteiger partial charge in [-0.25, -0.2) is 0 Å². The van der Waals surface area contributed by atoms with E-state index in [0.29, 0.717) is 17.4 Å². The molecule has 0 spiro atoms. The maximum atomic E-state index is 13.1. The highest BCUT2D eigenvalue weighted by molar-refractivity contribution is 7.87. The van der Waals surface area contributed by atoms with Gasteiger partial charge in [-0.05, 0) is 57.4 Å². The first-order valence-corrected chi connectivity index (χ1v) is 14.2. The number of amides is 1. The van der Waals surface area contributed by atoms with Crippen LogP contribution >= 0.6 is 0 Å². The summed E-state index contributed by atoms with van der Waals surface area (Å²) in [7, 11) is -4.17. The molecule has 0 saturated carbocycles. The van der Waals surface area contributed by atoms with Crippen LogP contribution < -0.4 is 9.50 Å². The Kier molecular flexibility index (Phi) is 9.57. The minimum Gasteiger partial charge on any atom is -0.381 e. The highest BCUT2D eigenvalue weighted by atomic mass is 32.2. The molecule has 1 N–H and O–H groups in total. The van der Waals surface area contributed by atoms with E-state index in [1.54, 1.807) is 0 Å². The summed E-state index contributed by atoms with van der Waals surface area (Å²) in [6.45, 7) is 20.6. The molecule has 0 fully saturated rings. The van der Waals surface area contributed by atoms with Crippen LogP contribution in [0.4, 0.5) is 5.69 Å². The smallest absolute Gasteiger partial charge is 0.318 e. The van der Waals surface area contributed by atoms with Crippen molar-refractivity contribution in [2.24, 2.45) is 0 Å². The lowest BCUT2D eigenvalue weighted by atomic mass is 9.87. The van der Waals surface area contributed by atoms with E-state index in [1.165, 1.54) is 5.56 Å². The summed E-state index contributed by atoms with van der Waals surface area (Å²) < 4.78 is 31.7. The molecule has 0 saturated heterocycles. The van der Waals surface area contributed by atoms with Gasteiger partial charge in [-0.15, -0.1) is 0 Å². The highest BCUT2D eigenvalue weighted by Gasteiger charge is 2.26. The summed E-state index contributed by atoms with van der Waals surface area (Å²) in [6, 6.07) is 9.91. The molecule has 0 bridgehead atoms. The molecule has 0 atom stereocenters. The maximum Gasteiger partial charge on any atom is 0.318 e. The van der Waals surface area contributed by atoms with Crippen molar-refractivity contribution in [1.29, 1.82) is 0 Å². The zero-order valence-corrected chi connectivity index (χ0v) is 23.8. The number of carbonyl (C=O) groups excluding carboxylic acids is 1. The summed E-state index contributed by atoms with van der Waals surface area (Å²) in [5, 5.41) is 2.93. The van der Waals surface area contributed by atoms with Gasteiger partial charge in [0.2, 0.25) is 5.91 Å². The quantitative estimate of drug-likeness (QED) is 0.339. The average Bonchev–Trinajstić information content (AvgIpc) is 2.72. The topological polar surface area (TPSA) is 72.5 Å². The molecule has 0 aliphatic carbocycles. The van der Waals surface area contributed by atoms with Gasteiger partial charge in [-0.1, -0.05) is 99.6 Å². The van der Waals surface area contributed by atoms with Gasteiger partial charge in [0.05, 0.1) is 0 Å². The predicted octanol–water partition coefficient (Wildman–Crippen LogP) is 7.65. The van der Waals surface area contributed by atoms with E-state index in [2.05, 4.69) is 59.0 Å². The second kappa shape index (κ2) is 11.6. The van der Waals surface area contributed by atoms with Crippen LogP contribution in [0.15, 0.2) is 30.3 Å². The molecule has 1 amide bonds. The van der Waals surface area contributed by atoms with E-state index in [0.717, 1.165) is 22.3 Å². The minimum absolute atomic E-state index is 0.0781. The molecule has 5 nitrogen and oxygen atoms in total. The largest absolute Gasteiger partial charge is 0.381 e. The number of carbonyl (C=O) groups is 1. The van der Waals surface area contributed by atoms with E-state index in [-0.39, 0.29) is 23.7 Å². The Morgan fingerprint density at radius 1 is 0.743 bits per heavy atom. The Morgan fingerprint density at radius 2 is 1.17 bits per heavy atom. The van der Waals surface area contributed by atoms with Crippen molar-refractivity contribution in [1.82, 2.24) is 0 Å². The third kappa shape index (κ3) is 7.33. The van der Waals surface area contributed by atoms with Crippen molar-refractivity contribution < 1.29 is 17.4 Å². The normalized spacial score (nSPS) is 12.3. The lowest BCUT2D eigenvalue weighted by molar-refractivity contribution is -0.113. The van der Waals surface area contributed by atoms with Crippen molar-refractivity contribution in [3.63, 3.8) is 0 Å². The molecule has 2 rings (SSSR count). The molecule has 0 aromatic heterocycles. The van der Waals surface area contributed by atoms with Crippen molar-refractivity contribution >= 4 is 21.7 Å². The van der Waals surface area contributed by atoms with E-state index in [9.17, 15) is 13.2 Å². The van der Waals surface area contributed by atoms with Crippen LogP contribution in [-0.4, -0.2) is 20.1 Å². The SMILES string of the molecule is CC(C)c1cc(C(C)C)c(NC(=O)CS(=O)(=O)Oc2c(C(C)C)cccc2C(C)C)c(C(C)C)c1. The van der Waals surface area contributed by atoms with Crippen molar-refractivity contribution in [2.45, 2.75) is 98.8 Å². The van der Waals surface area contributed by atoms with Gasteiger partial charge in [0.1, 0.15) is 5.75 Å². The van der Waals surface area contributed by atoms with Gasteiger partial charge in [-0.2, -0.15) is 8.42 Å². The number of nitrogens with one attached hydrogen (secondary N) is 1. The average molecular weight is 502 g/mol. The monoisotopic (exact) mass is 501 g/mol. The maximum absolute atomic E-state index is 13.1. The minimum atomic E-state index is -4.17. The number of hydrogen-bond donors (Lipinski definition) is 1. The predicted molar refractivity (Wildman–Crippen MR) is 146 cm³/mol. The Morgan fingerprint density at radius 3 is 1.54 bits per heavy atom. The molecular formula is C29H43NO4S. The second-order valence-corrected chi connectivity index (χ2v) is 12.5. The third-order valence-corrected chi connectivity index (χ3v) is 7.27. The van der Waals surface area contributed by atoms with Crippen LogP contribution in [0.2, 0.25) is 0 Å². The van der Waals surface area contributed by atoms with Crippen LogP contribution in [-0.2, 0) is 14.9 Å². The molecule has 0 unspecified atom stereocenters. The van der Waals surface area contributed by atoms with Crippen molar-refractivity contribution in [2.75, 3.05) is 11.1 Å². The lowest BCUT2D eigenvalue weighted by Crippen LogP contribution is -2.28. The highest BCUT2D eigenvalue weighted by Crippen LogP contribution is 2.37. The molecule has 2 aromatic carbocycles. The summed E-state index contributed by atoms with van der Waals surface area (Å²) in [6.07, 6.45) is 0. The first-order chi connectivity index (χ1) is 16.1. The number of anilines is 1. The number of para-hydroxylation sites is 1. The fraction of sp³-hybridized carbons (Fsp3) is 0.552. The molecule has 0 radical (unpaired) electrons. The van der Waals surface area contributed by atoms with Gasteiger partial charge in [0.25, 0.3) is 0 Å². The lowest BCUT2D eigenvalue weighted by Gasteiger charge is -2.23. The fourth-order valence-corrected chi connectivity index (χ4v) is 5.07.